The van der Waals surface area contributed by atoms with Crippen LogP contribution in [0.5, 0.6) is 0 Å². The third-order valence-electron chi connectivity index (χ3n) is 3.72. The second-order valence-electron chi connectivity index (χ2n) is 5.40. The number of tetrazole rings is 1. The molecule has 25 heavy (non-hydrogen) atoms. The number of carbonyl (C=O) groups excluding carboxylic acids is 1. The SMILES string of the molecule is CN=CNc1cc2c(=O)n([C@H](C)Cn3ncnn3)cnc2cc1C=O. The highest BCUT2D eigenvalue weighted by atomic mass is 16.1. The van der Waals surface area contributed by atoms with E-state index >= 15 is 0 Å². The van der Waals surface area contributed by atoms with Crippen LogP contribution in [0, 0.1) is 0 Å². The van der Waals surface area contributed by atoms with Crippen molar-refractivity contribution in [2.75, 3.05) is 12.4 Å². The summed E-state index contributed by atoms with van der Waals surface area (Å²) >= 11 is 0. The van der Waals surface area contributed by atoms with E-state index < -0.39 is 0 Å². The van der Waals surface area contributed by atoms with Gasteiger partial charge in [-0.25, -0.2) is 4.98 Å². The molecule has 0 spiro atoms. The number of fused-ring (bicyclic) bond motifs is 1. The molecule has 0 radical (unpaired) electrons. The minimum absolute atomic E-state index is 0.216. The number of aldehydes is 1. The van der Waals surface area contributed by atoms with Gasteiger partial charge in [-0.15, -0.1) is 10.2 Å². The topological polar surface area (TPSA) is 120 Å². The van der Waals surface area contributed by atoms with Crippen LogP contribution in [0.1, 0.15) is 23.3 Å². The van der Waals surface area contributed by atoms with Crippen molar-refractivity contribution in [1.29, 1.82) is 0 Å². The number of nitrogens with zero attached hydrogens (tertiary/aromatic N) is 7. The summed E-state index contributed by atoms with van der Waals surface area (Å²) in [6.07, 6.45) is 4.95. The molecule has 0 amide bonds. The number of hydrogen-bond acceptors (Lipinski definition) is 7. The van der Waals surface area contributed by atoms with E-state index in [0.29, 0.717) is 35.0 Å². The van der Waals surface area contributed by atoms with Crippen molar-refractivity contribution in [1.82, 2.24) is 29.8 Å². The molecule has 1 N–H and O–H groups in total. The lowest BCUT2D eigenvalue weighted by molar-refractivity contribution is 0.112. The predicted octanol–water partition coefficient (Wildman–Crippen LogP) is 0.527. The molecule has 0 unspecified atom stereocenters. The lowest BCUT2D eigenvalue weighted by Gasteiger charge is -2.15. The molecule has 0 aliphatic heterocycles. The van der Waals surface area contributed by atoms with Gasteiger partial charge in [0.15, 0.2) is 12.6 Å². The minimum atomic E-state index is -0.224. The lowest BCUT2D eigenvalue weighted by atomic mass is 10.1. The second kappa shape index (κ2) is 6.99. The molecule has 0 fully saturated rings. The molecule has 128 valence electrons. The standard InChI is InChI=1S/C15H16N8O2/c1-10(5-23-20-8-19-21-23)22-9-18-14-3-11(6-24)13(17-7-16-2)4-12(14)15(22)25/h3-4,6-10H,5H2,1-2H3,(H,16,17)/t10-/m1/s1. The number of anilines is 1. The van der Waals surface area contributed by atoms with Gasteiger partial charge in [-0.3, -0.25) is 19.1 Å². The number of nitrogens with one attached hydrogen (secondary N) is 1. The highest BCUT2D eigenvalue weighted by Gasteiger charge is 2.14. The molecule has 2 heterocycles. The summed E-state index contributed by atoms with van der Waals surface area (Å²) in [5.74, 6) is 0. The largest absolute Gasteiger partial charge is 0.346 e. The van der Waals surface area contributed by atoms with Crippen LogP contribution in [0.25, 0.3) is 10.9 Å². The van der Waals surface area contributed by atoms with Crippen LogP contribution in [0.4, 0.5) is 5.69 Å². The van der Waals surface area contributed by atoms with Gasteiger partial charge in [-0.05, 0) is 24.3 Å². The van der Waals surface area contributed by atoms with E-state index in [0.717, 1.165) is 0 Å². The summed E-state index contributed by atoms with van der Waals surface area (Å²) in [6.45, 7) is 2.24. The van der Waals surface area contributed by atoms with Gasteiger partial charge >= 0.3 is 0 Å². The maximum absolute atomic E-state index is 12.8. The molecule has 10 heteroatoms. The van der Waals surface area contributed by atoms with Crippen LogP contribution in [0.3, 0.4) is 0 Å². The Morgan fingerprint density at radius 3 is 2.92 bits per heavy atom. The van der Waals surface area contributed by atoms with Gasteiger partial charge in [0.2, 0.25) is 0 Å². The molecular weight excluding hydrogens is 324 g/mol. The highest BCUT2D eigenvalue weighted by Crippen LogP contribution is 2.19. The van der Waals surface area contributed by atoms with Crippen molar-refractivity contribution in [3.8, 4) is 0 Å². The van der Waals surface area contributed by atoms with E-state index in [4.69, 9.17) is 0 Å². The average Bonchev–Trinajstić information content (AvgIpc) is 3.12. The fourth-order valence-electron chi connectivity index (χ4n) is 2.47. The Morgan fingerprint density at radius 2 is 2.24 bits per heavy atom. The maximum Gasteiger partial charge on any atom is 0.261 e. The number of aromatic nitrogens is 6. The van der Waals surface area contributed by atoms with Crippen LogP contribution in [0.15, 0.2) is 34.6 Å². The van der Waals surface area contributed by atoms with E-state index in [-0.39, 0.29) is 11.6 Å². The average molecular weight is 340 g/mol. The zero-order valence-electron chi connectivity index (χ0n) is 13.7. The summed E-state index contributed by atoms with van der Waals surface area (Å²) < 4.78 is 1.50. The van der Waals surface area contributed by atoms with Crippen LogP contribution in [0.2, 0.25) is 0 Å². The van der Waals surface area contributed by atoms with Crippen molar-refractivity contribution < 1.29 is 4.79 Å². The van der Waals surface area contributed by atoms with Crippen molar-refractivity contribution in [3.05, 3.63) is 40.7 Å². The van der Waals surface area contributed by atoms with E-state index in [1.54, 1.807) is 19.2 Å². The molecule has 0 aliphatic rings. The summed E-state index contributed by atoms with van der Waals surface area (Å²) in [4.78, 5) is 33.6. The smallest absolute Gasteiger partial charge is 0.261 e. The quantitative estimate of drug-likeness (QED) is 0.395. The molecule has 0 aliphatic carbocycles. The monoisotopic (exact) mass is 340 g/mol. The molecule has 10 nitrogen and oxygen atoms in total. The molecule has 0 bridgehead atoms. The number of rotatable bonds is 6. The normalized spacial score (nSPS) is 12.6. The van der Waals surface area contributed by atoms with Gasteiger partial charge < -0.3 is 5.32 Å². The van der Waals surface area contributed by atoms with Crippen molar-refractivity contribution >= 4 is 29.2 Å². The molecule has 1 aromatic carbocycles. The predicted molar refractivity (Wildman–Crippen MR) is 92.0 cm³/mol. The van der Waals surface area contributed by atoms with Crippen LogP contribution in [-0.2, 0) is 6.54 Å². The van der Waals surface area contributed by atoms with Gasteiger partial charge in [-0.1, -0.05) is 0 Å². The zero-order valence-corrected chi connectivity index (χ0v) is 13.7. The Labute approximate surface area is 142 Å². The zero-order chi connectivity index (χ0) is 17.8. The van der Waals surface area contributed by atoms with Crippen LogP contribution in [-0.4, -0.2) is 49.4 Å². The fraction of sp³-hybridized carbons (Fsp3) is 0.267. The molecule has 3 rings (SSSR count). The first-order valence-electron chi connectivity index (χ1n) is 7.52. The van der Waals surface area contributed by atoms with Gasteiger partial charge in [0, 0.05) is 12.6 Å². The third kappa shape index (κ3) is 3.27. The van der Waals surface area contributed by atoms with Gasteiger partial charge in [0.25, 0.3) is 5.56 Å². The van der Waals surface area contributed by atoms with Crippen molar-refractivity contribution in [2.45, 2.75) is 19.5 Å². The highest BCUT2D eigenvalue weighted by molar-refractivity contribution is 5.96. The van der Waals surface area contributed by atoms with Crippen molar-refractivity contribution in [2.24, 2.45) is 4.99 Å². The molecule has 2 aromatic heterocycles. The minimum Gasteiger partial charge on any atom is -0.346 e. The van der Waals surface area contributed by atoms with Gasteiger partial charge in [0.05, 0.1) is 41.8 Å². The van der Waals surface area contributed by atoms with Crippen molar-refractivity contribution in [3.63, 3.8) is 0 Å². The van der Waals surface area contributed by atoms with Gasteiger partial charge in [-0.2, -0.15) is 4.80 Å². The lowest BCUT2D eigenvalue weighted by Crippen LogP contribution is -2.27. The second-order valence-corrected chi connectivity index (χ2v) is 5.40. The third-order valence-corrected chi connectivity index (χ3v) is 3.72. The summed E-state index contributed by atoms with van der Waals surface area (Å²) in [5, 5.41) is 14.7. The number of hydrogen-bond donors (Lipinski definition) is 1. The molecule has 0 saturated heterocycles. The van der Waals surface area contributed by atoms with Crippen LogP contribution < -0.4 is 10.9 Å². The van der Waals surface area contributed by atoms with E-state index in [1.807, 2.05) is 6.92 Å². The van der Waals surface area contributed by atoms with E-state index in [2.05, 4.69) is 30.7 Å². The Balaban J connectivity index is 2.05. The number of carbonyl (C=O) groups is 1. The Kier molecular flexibility index (Phi) is 4.59. The summed E-state index contributed by atoms with van der Waals surface area (Å²) in [5.41, 5.74) is 1.13. The Bertz CT molecular complexity index is 977. The Hall–Kier alpha value is -3.43. The van der Waals surface area contributed by atoms with Crippen LogP contribution >= 0.6 is 0 Å². The summed E-state index contributed by atoms with van der Waals surface area (Å²) in [6, 6.07) is 2.95. The maximum atomic E-state index is 12.8. The molecule has 3 aromatic rings. The first kappa shape index (κ1) is 16.4. The van der Waals surface area contributed by atoms with Gasteiger partial charge in [0.1, 0.15) is 0 Å². The first-order chi connectivity index (χ1) is 12.1. The van der Waals surface area contributed by atoms with E-state index in [9.17, 15) is 9.59 Å². The summed E-state index contributed by atoms with van der Waals surface area (Å²) in [7, 11) is 1.60. The molecule has 0 saturated carbocycles. The first-order valence-corrected chi connectivity index (χ1v) is 7.52. The Morgan fingerprint density at radius 1 is 1.40 bits per heavy atom. The molecule has 1 atom stereocenters. The molecular formula is C15H16N8O2. The number of benzene rings is 1. The van der Waals surface area contributed by atoms with E-state index in [1.165, 1.54) is 28.4 Å². The fourth-order valence-corrected chi connectivity index (χ4v) is 2.47. The number of aliphatic imine (C=N–C) groups is 1.